The Hall–Kier alpha value is -0.570. The number of nitrogens with one attached hydrogen (secondary N) is 1. The van der Waals surface area contributed by atoms with Gasteiger partial charge in [-0.1, -0.05) is 40.0 Å². The van der Waals surface area contributed by atoms with E-state index in [0.29, 0.717) is 11.8 Å². The first-order valence-electron chi connectivity index (χ1n) is 7.70. The van der Waals surface area contributed by atoms with Gasteiger partial charge in [0.15, 0.2) is 0 Å². The molecule has 1 N–H and O–H groups in total. The van der Waals surface area contributed by atoms with Crippen molar-refractivity contribution < 1.29 is 4.79 Å². The largest absolute Gasteiger partial charge is 0.325 e. The van der Waals surface area contributed by atoms with Gasteiger partial charge in [-0.15, -0.1) is 0 Å². The molecule has 1 heterocycles. The summed E-state index contributed by atoms with van der Waals surface area (Å²) in [5.74, 6) is 1.59. The van der Waals surface area contributed by atoms with Crippen molar-refractivity contribution in [1.29, 1.82) is 0 Å². The molecule has 1 saturated heterocycles. The van der Waals surface area contributed by atoms with E-state index in [1.54, 1.807) is 0 Å². The quantitative estimate of drug-likeness (QED) is 0.816. The highest BCUT2D eigenvalue weighted by Gasteiger charge is 2.40. The molecule has 2 aliphatic rings. The molecular formula is C15H28N2O. The molecule has 3 heteroatoms. The van der Waals surface area contributed by atoms with Crippen LogP contribution in [0.3, 0.4) is 0 Å². The number of hydrogen-bond acceptors (Lipinski definition) is 2. The summed E-state index contributed by atoms with van der Waals surface area (Å²) in [5.41, 5.74) is 0. The third-order valence-corrected chi connectivity index (χ3v) is 4.43. The smallest absolute Gasteiger partial charge is 0.241 e. The predicted molar refractivity (Wildman–Crippen MR) is 74.1 cm³/mol. The van der Waals surface area contributed by atoms with Gasteiger partial charge in [-0.05, 0) is 31.1 Å². The van der Waals surface area contributed by atoms with Gasteiger partial charge < -0.3 is 4.90 Å². The molecule has 104 valence electrons. The van der Waals surface area contributed by atoms with E-state index in [0.717, 1.165) is 25.3 Å². The van der Waals surface area contributed by atoms with Crippen LogP contribution >= 0.6 is 0 Å². The minimum absolute atomic E-state index is 0.0730. The van der Waals surface area contributed by atoms with Crippen molar-refractivity contribution in [3.8, 4) is 0 Å². The average molecular weight is 252 g/mol. The number of amides is 1. The lowest BCUT2D eigenvalue weighted by Gasteiger charge is -2.29. The summed E-state index contributed by atoms with van der Waals surface area (Å²) in [4.78, 5) is 14.6. The lowest BCUT2D eigenvalue weighted by Crippen LogP contribution is -2.43. The van der Waals surface area contributed by atoms with Crippen LogP contribution in [0.4, 0.5) is 0 Å². The summed E-state index contributed by atoms with van der Waals surface area (Å²) in [6.45, 7) is 7.55. The minimum Gasteiger partial charge on any atom is -0.325 e. The zero-order valence-electron chi connectivity index (χ0n) is 12.1. The summed E-state index contributed by atoms with van der Waals surface area (Å²) < 4.78 is 0. The SMILES string of the molecule is CCCC1NC(C(C)C)N(CC2CCCC2)C1=O. The van der Waals surface area contributed by atoms with E-state index in [4.69, 9.17) is 0 Å². The standard InChI is InChI=1S/C15H28N2O/c1-4-7-13-15(18)17(14(16-13)11(2)3)10-12-8-5-6-9-12/h11-14,16H,4-10H2,1-3H3. The molecule has 2 fully saturated rings. The zero-order valence-corrected chi connectivity index (χ0v) is 12.1. The normalized spacial score (nSPS) is 29.8. The molecule has 1 amide bonds. The second-order valence-corrected chi connectivity index (χ2v) is 6.34. The second-order valence-electron chi connectivity index (χ2n) is 6.34. The molecule has 0 aromatic rings. The molecule has 2 rings (SSSR count). The lowest BCUT2D eigenvalue weighted by atomic mass is 10.1. The molecule has 1 aliphatic carbocycles. The second kappa shape index (κ2) is 6.05. The van der Waals surface area contributed by atoms with Crippen molar-refractivity contribution in [2.75, 3.05) is 6.54 Å². The number of nitrogens with zero attached hydrogens (tertiary/aromatic N) is 1. The van der Waals surface area contributed by atoms with E-state index < -0.39 is 0 Å². The molecule has 1 aliphatic heterocycles. The Morgan fingerprint density at radius 2 is 2.00 bits per heavy atom. The van der Waals surface area contributed by atoms with Crippen molar-refractivity contribution in [3.63, 3.8) is 0 Å². The first kappa shape index (κ1) is 13.9. The Bertz CT molecular complexity index is 284. The number of carbonyl (C=O) groups excluding carboxylic acids is 1. The molecule has 0 bridgehead atoms. The summed E-state index contributed by atoms with van der Waals surface area (Å²) >= 11 is 0. The summed E-state index contributed by atoms with van der Waals surface area (Å²) in [7, 11) is 0. The third kappa shape index (κ3) is 2.87. The molecule has 2 unspecified atom stereocenters. The minimum atomic E-state index is 0.0730. The van der Waals surface area contributed by atoms with Crippen molar-refractivity contribution >= 4 is 5.91 Å². The van der Waals surface area contributed by atoms with Crippen LogP contribution in [-0.4, -0.2) is 29.6 Å². The van der Waals surface area contributed by atoms with Crippen LogP contribution in [0, 0.1) is 11.8 Å². The lowest BCUT2D eigenvalue weighted by molar-refractivity contribution is -0.131. The van der Waals surface area contributed by atoms with Crippen LogP contribution in [0.15, 0.2) is 0 Å². The summed E-state index contributed by atoms with van der Waals surface area (Å²) in [6.07, 6.45) is 7.64. The Labute approximate surface area is 111 Å². The molecule has 0 spiro atoms. The fraction of sp³-hybridized carbons (Fsp3) is 0.933. The monoisotopic (exact) mass is 252 g/mol. The summed E-state index contributed by atoms with van der Waals surface area (Å²) in [6, 6.07) is 0.0730. The van der Waals surface area contributed by atoms with Gasteiger partial charge in [0, 0.05) is 6.54 Å². The summed E-state index contributed by atoms with van der Waals surface area (Å²) in [5, 5.41) is 3.54. The Kier molecular flexibility index (Phi) is 4.66. The van der Waals surface area contributed by atoms with E-state index in [-0.39, 0.29) is 12.2 Å². The predicted octanol–water partition coefficient (Wildman–Crippen LogP) is 2.76. The van der Waals surface area contributed by atoms with Crippen molar-refractivity contribution in [3.05, 3.63) is 0 Å². The number of hydrogen-bond donors (Lipinski definition) is 1. The van der Waals surface area contributed by atoms with Gasteiger partial charge in [-0.25, -0.2) is 0 Å². The van der Waals surface area contributed by atoms with E-state index >= 15 is 0 Å². The highest BCUT2D eigenvalue weighted by molar-refractivity contribution is 5.84. The van der Waals surface area contributed by atoms with Crippen LogP contribution < -0.4 is 5.32 Å². The highest BCUT2D eigenvalue weighted by Crippen LogP contribution is 2.29. The first-order chi connectivity index (χ1) is 8.63. The van der Waals surface area contributed by atoms with E-state index in [1.165, 1.54) is 25.7 Å². The fourth-order valence-corrected chi connectivity index (χ4v) is 3.43. The molecule has 3 nitrogen and oxygen atoms in total. The molecule has 0 aromatic heterocycles. The van der Waals surface area contributed by atoms with Gasteiger partial charge in [0.05, 0.1) is 12.2 Å². The van der Waals surface area contributed by atoms with Crippen LogP contribution in [0.1, 0.15) is 59.3 Å². The maximum Gasteiger partial charge on any atom is 0.241 e. The van der Waals surface area contributed by atoms with Crippen LogP contribution in [0.25, 0.3) is 0 Å². The van der Waals surface area contributed by atoms with Gasteiger partial charge in [-0.3, -0.25) is 10.1 Å². The van der Waals surface area contributed by atoms with Gasteiger partial charge in [0.2, 0.25) is 5.91 Å². The van der Waals surface area contributed by atoms with Crippen molar-refractivity contribution in [1.82, 2.24) is 10.2 Å². The Balaban J connectivity index is 2.01. The maximum atomic E-state index is 12.5. The van der Waals surface area contributed by atoms with E-state index in [9.17, 15) is 4.79 Å². The van der Waals surface area contributed by atoms with Gasteiger partial charge in [0.1, 0.15) is 0 Å². The fourth-order valence-electron chi connectivity index (χ4n) is 3.43. The van der Waals surface area contributed by atoms with Crippen molar-refractivity contribution in [2.45, 2.75) is 71.5 Å². The van der Waals surface area contributed by atoms with Crippen LogP contribution in [0.2, 0.25) is 0 Å². The Morgan fingerprint density at radius 1 is 1.33 bits per heavy atom. The maximum absolute atomic E-state index is 12.5. The third-order valence-electron chi connectivity index (χ3n) is 4.43. The molecular weight excluding hydrogens is 224 g/mol. The van der Waals surface area contributed by atoms with Gasteiger partial charge in [-0.2, -0.15) is 0 Å². The van der Waals surface area contributed by atoms with E-state index in [2.05, 4.69) is 31.0 Å². The Morgan fingerprint density at radius 3 is 2.56 bits per heavy atom. The van der Waals surface area contributed by atoms with E-state index in [1.807, 2.05) is 0 Å². The van der Waals surface area contributed by atoms with Crippen LogP contribution in [0.5, 0.6) is 0 Å². The molecule has 0 radical (unpaired) electrons. The molecule has 1 saturated carbocycles. The first-order valence-corrected chi connectivity index (χ1v) is 7.70. The number of rotatable bonds is 5. The van der Waals surface area contributed by atoms with Crippen molar-refractivity contribution in [2.24, 2.45) is 11.8 Å². The van der Waals surface area contributed by atoms with Gasteiger partial charge in [0.25, 0.3) is 0 Å². The molecule has 0 aromatic carbocycles. The zero-order chi connectivity index (χ0) is 13.1. The van der Waals surface area contributed by atoms with Gasteiger partial charge >= 0.3 is 0 Å². The topological polar surface area (TPSA) is 32.3 Å². The number of carbonyl (C=O) groups is 1. The molecule has 18 heavy (non-hydrogen) atoms. The van der Waals surface area contributed by atoms with Crippen LogP contribution in [-0.2, 0) is 4.79 Å². The average Bonchev–Trinajstić information content (AvgIpc) is 2.92. The molecule has 2 atom stereocenters. The highest BCUT2D eigenvalue weighted by atomic mass is 16.2.